The number of para-hydroxylation sites is 1. The molecule has 31 heavy (non-hydrogen) atoms. The largest absolute Gasteiger partial charge is 0.490 e. The summed E-state index contributed by atoms with van der Waals surface area (Å²) in [6, 6.07) is 21.8. The van der Waals surface area contributed by atoms with Crippen molar-refractivity contribution in [2.45, 2.75) is 32.8 Å². The second-order valence-electron chi connectivity index (χ2n) is 7.37. The lowest BCUT2D eigenvalue weighted by Crippen LogP contribution is -2.24. The summed E-state index contributed by atoms with van der Waals surface area (Å²) in [5, 5.41) is 2.99. The third-order valence-corrected chi connectivity index (χ3v) is 5.29. The van der Waals surface area contributed by atoms with E-state index in [0.717, 1.165) is 28.1 Å². The van der Waals surface area contributed by atoms with Gasteiger partial charge in [-0.2, -0.15) is 0 Å². The Morgan fingerprint density at radius 1 is 0.806 bits per heavy atom. The molecule has 0 unspecified atom stereocenters. The predicted octanol–water partition coefficient (Wildman–Crippen LogP) is 5.54. The van der Waals surface area contributed by atoms with E-state index in [-0.39, 0.29) is 11.8 Å². The minimum Gasteiger partial charge on any atom is -0.490 e. The maximum absolute atomic E-state index is 12.6. The normalized spacial score (nSPS) is 15.0. The molecular formula is C26H27NO4. The lowest BCUT2D eigenvalue weighted by Gasteiger charge is -2.28. The summed E-state index contributed by atoms with van der Waals surface area (Å²) in [6.45, 7) is 5.40. The molecule has 0 aromatic heterocycles. The molecule has 5 heteroatoms. The Morgan fingerprint density at radius 3 is 2.23 bits per heavy atom. The molecule has 0 saturated heterocycles. The molecular weight excluding hydrogens is 390 g/mol. The molecule has 1 aliphatic rings. The van der Waals surface area contributed by atoms with Crippen molar-refractivity contribution in [3.63, 3.8) is 0 Å². The van der Waals surface area contributed by atoms with Gasteiger partial charge >= 0.3 is 0 Å². The first-order chi connectivity index (χ1) is 15.2. The van der Waals surface area contributed by atoms with Gasteiger partial charge in [-0.1, -0.05) is 48.5 Å². The minimum atomic E-state index is -0.134. The Kier molecular flexibility index (Phi) is 6.41. The highest BCUT2D eigenvalue weighted by Crippen LogP contribution is 2.45. The fraction of sp³-hybridized carbons (Fsp3) is 0.269. The molecule has 1 atom stereocenters. The van der Waals surface area contributed by atoms with E-state index in [1.165, 1.54) is 0 Å². The van der Waals surface area contributed by atoms with E-state index in [0.29, 0.717) is 37.7 Å². The number of ether oxygens (including phenoxy) is 3. The Labute approximate surface area is 183 Å². The van der Waals surface area contributed by atoms with Gasteiger partial charge in [0.15, 0.2) is 11.5 Å². The van der Waals surface area contributed by atoms with Gasteiger partial charge in [-0.25, -0.2) is 0 Å². The standard InChI is InChI=1S/C26H27NO4/c1-3-29-24-14-21-20(15-26(28)27-22(21)16-25(24)30-4-2)19-12-8-9-13-23(19)31-17-18-10-6-5-7-11-18/h5-14,16,20H,3-4,15,17H2,1-2H3,(H,27,28)/t20-/m0/s1. The van der Waals surface area contributed by atoms with Crippen molar-refractivity contribution >= 4 is 11.6 Å². The van der Waals surface area contributed by atoms with Gasteiger partial charge in [0.05, 0.1) is 13.2 Å². The zero-order valence-corrected chi connectivity index (χ0v) is 17.9. The van der Waals surface area contributed by atoms with E-state index >= 15 is 0 Å². The van der Waals surface area contributed by atoms with Gasteiger partial charge in [0, 0.05) is 29.7 Å². The molecule has 4 rings (SSSR count). The lowest BCUT2D eigenvalue weighted by molar-refractivity contribution is -0.116. The van der Waals surface area contributed by atoms with E-state index in [1.807, 2.05) is 80.6 Å². The van der Waals surface area contributed by atoms with Crippen LogP contribution in [0.4, 0.5) is 5.69 Å². The van der Waals surface area contributed by atoms with Crippen LogP contribution in [0.25, 0.3) is 0 Å². The van der Waals surface area contributed by atoms with Gasteiger partial charge < -0.3 is 19.5 Å². The highest BCUT2D eigenvalue weighted by atomic mass is 16.5. The Hall–Kier alpha value is -3.47. The minimum absolute atomic E-state index is 0.0260. The van der Waals surface area contributed by atoms with Crippen molar-refractivity contribution in [1.82, 2.24) is 0 Å². The number of rotatable bonds is 8. The smallest absolute Gasteiger partial charge is 0.225 e. The zero-order valence-electron chi connectivity index (χ0n) is 17.9. The zero-order chi connectivity index (χ0) is 21.6. The van der Waals surface area contributed by atoms with Gasteiger partial charge in [0.25, 0.3) is 0 Å². The summed E-state index contributed by atoms with van der Waals surface area (Å²) in [5.41, 5.74) is 3.84. The highest BCUT2D eigenvalue weighted by molar-refractivity contribution is 5.96. The third-order valence-electron chi connectivity index (χ3n) is 5.29. The van der Waals surface area contributed by atoms with Crippen molar-refractivity contribution in [3.05, 3.63) is 83.4 Å². The van der Waals surface area contributed by atoms with Gasteiger partial charge in [-0.15, -0.1) is 0 Å². The maximum atomic E-state index is 12.6. The summed E-state index contributed by atoms with van der Waals surface area (Å²) in [4.78, 5) is 12.6. The van der Waals surface area contributed by atoms with Crippen LogP contribution in [0.3, 0.4) is 0 Å². The molecule has 1 heterocycles. The average Bonchev–Trinajstić information content (AvgIpc) is 2.79. The molecule has 1 amide bonds. The number of nitrogens with one attached hydrogen (secondary N) is 1. The van der Waals surface area contributed by atoms with Crippen LogP contribution in [-0.4, -0.2) is 19.1 Å². The number of hydrogen-bond donors (Lipinski definition) is 1. The monoisotopic (exact) mass is 417 g/mol. The fourth-order valence-electron chi connectivity index (χ4n) is 3.92. The molecule has 3 aromatic rings. The molecule has 1 N–H and O–H groups in total. The highest BCUT2D eigenvalue weighted by Gasteiger charge is 2.30. The van der Waals surface area contributed by atoms with Gasteiger partial charge in [0.1, 0.15) is 12.4 Å². The van der Waals surface area contributed by atoms with Crippen molar-refractivity contribution in [1.29, 1.82) is 0 Å². The number of fused-ring (bicyclic) bond motifs is 1. The van der Waals surface area contributed by atoms with Crippen molar-refractivity contribution in [2.24, 2.45) is 0 Å². The first-order valence-corrected chi connectivity index (χ1v) is 10.7. The van der Waals surface area contributed by atoms with Crippen LogP contribution in [0.5, 0.6) is 17.2 Å². The maximum Gasteiger partial charge on any atom is 0.225 e. The molecule has 160 valence electrons. The summed E-state index contributed by atoms with van der Waals surface area (Å²) in [6.07, 6.45) is 0.345. The molecule has 0 bridgehead atoms. The van der Waals surface area contributed by atoms with E-state index < -0.39 is 0 Å². The number of carbonyl (C=O) groups excluding carboxylic acids is 1. The second-order valence-corrected chi connectivity index (χ2v) is 7.37. The number of amides is 1. The van der Waals surface area contributed by atoms with Crippen molar-refractivity contribution in [3.8, 4) is 17.2 Å². The fourth-order valence-corrected chi connectivity index (χ4v) is 3.92. The number of hydrogen-bond acceptors (Lipinski definition) is 4. The summed E-state index contributed by atoms with van der Waals surface area (Å²) in [7, 11) is 0. The van der Waals surface area contributed by atoms with Crippen molar-refractivity contribution < 1.29 is 19.0 Å². The Balaban J connectivity index is 1.71. The van der Waals surface area contributed by atoms with Gasteiger partial charge in [-0.05, 0) is 37.1 Å². The summed E-state index contributed by atoms with van der Waals surface area (Å²) in [5.74, 6) is 1.95. The molecule has 0 spiro atoms. The quantitative estimate of drug-likeness (QED) is 0.523. The van der Waals surface area contributed by atoms with Crippen LogP contribution >= 0.6 is 0 Å². The van der Waals surface area contributed by atoms with E-state index in [4.69, 9.17) is 14.2 Å². The Morgan fingerprint density at radius 2 is 1.48 bits per heavy atom. The molecule has 1 aliphatic heterocycles. The molecule has 5 nitrogen and oxygen atoms in total. The first-order valence-electron chi connectivity index (χ1n) is 10.7. The number of anilines is 1. The molecule has 3 aromatic carbocycles. The van der Waals surface area contributed by atoms with E-state index in [9.17, 15) is 4.79 Å². The van der Waals surface area contributed by atoms with E-state index in [2.05, 4.69) is 5.32 Å². The van der Waals surface area contributed by atoms with Crippen LogP contribution in [0, 0.1) is 0 Å². The van der Waals surface area contributed by atoms with Gasteiger partial charge in [-0.3, -0.25) is 4.79 Å². The van der Waals surface area contributed by atoms with Crippen LogP contribution in [-0.2, 0) is 11.4 Å². The third kappa shape index (κ3) is 4.66. The average molecular weight is 418 g/mol. The SMILES string of the molecule is CCOc1cc2c(cc1OCC)[C@H](c1ccccc1OCc1ccccc1)CC(=O)N2. The molecule has 0 fully saturated rings. The van der Waals surface area contributed by atoms with E-state index in [1.54, 1.807) is 0 Å². The first kappa shape index (κ1) is 20.8. The molecule has 0 saturated carbocycles. The number of carbonyl (C=O) groups is 1. The topological polar surface area (TPSA) is 56.8 Å². The van der Waals surface area contributed by atoms with Crippen LogP contribution in [0.15, 0.2) is 66.7 Å². The molecule has 0 aliphatic carbocycles. The summed E-state index contributed by atoms with van der Waals surface area (Å²) < 4.78 is 17.8. The van der Waals surface area contributed by atoms with Crippen molar-refractivity contribution in [2.75, 3.05) is 18.5 Å². The van der Waals surface area contributed by atoms with Crippen LogP contribution in [0.1, 0.15) is 42.9 Å². The number of benzene rings is 3. The lowest BCUT2D eigenvalue weighted by atomic mass is 9.84. The molecule has 0 radical (unpaired) electrons. The van der Waals surface area contributed by atoms with Gasteiger partial charge in [0.2, 0.25) is 5.91 Å². The van der Waals surface area contributed by atoms with Crippen LogP contribution < -0.4 is 19.5 Å². The predicted molar refractivity (Wildman–Crippen MR) is 121 cm³/mol. The second kappa shape index (κ2) is 9.56. The summed E-state index contributed by atoms with van der Waals surface area (Å²) >= 11 is 0. The Bertz CT molecular complexity index is 1050. The van der Waals surface area contributed by atoms with Crippen LogP contribution in [0.2, 0.25) is 0 Å².